The smallest absolute Gasteiger partial charge is 0.368 e. The van der Waals surface area contributed by atoms with E-state index in [1.807, 2.05) is 48.2 Å². The lowest BCUT2D eigenvalue weighted by molar-refractivity contribution is -0.137. The largest absolute Gasteiger partial charge is 0.417 e. The monoisotopic (exact) mass is 500 g/mol. The Morgan fingerprint density at radius 2 is 1.63 bits per heavy atom. The first-order valence-electron chi connectivity index (χ1n) is 11.1. The van der Waals surface area contributed by atoms with E-state index >= 15 is 0 Å². The second-order valence-electron chi connectivity index (χ2n) is 8.26. The second-order valence-corrected chi connectivity index (χ2v) is 8.66. The van der Waals surface area contributed by atoms with E-state index in [1.54, 1.807) is 18.3 Å². The van der Waals surface area contributed by atoms with Crippen LogP contribution in [0.25, 0.3) is 0 Å². The normalized spacial score (nSPS) is 14.4. The Kier molecular flexibility index (Phi) is 7.31. The van der Waals surface area contributed by atoms with Crippen LogP contribution in [0.3, 0.4) is 0 Å². The van der Waals surface area contributed by atoms with Gasteiger partial charge in [-0.2, -0.15) is 13.2 Å². The lowest BCUT2D eigenvalue weighted by Gasteiger charge is -2.37. The molecule has 0 amide bonds. The third kappa shape index (κ3) is 6.14. The van der Waals surface area contributed by atoms with Gasteiger partial charge < -0.3 is 15.1 Å². The molecule has 5 nitrogen and oxygen atoms in total. The molecule has 0 unspecified atom stereocenters. The van der Waals surface area contributed by atoms with E-state index in [9.17, 15) is 18.0 Å². The minimum absolute atomic E-state index is 0.00221. The molecular weight excluding hydrogens is 477 g/mol. The number of nitrogens with zero attached hydrogens (tertiary/aromatic N) is 3. The van der Waals surface area contributed by atoms with Crippen LogP contribution in [-0.2, 0) is 6.18 Å². The van der Waals surface area contributed by atoms with Crippen LogP contribution >= 0.6 is 11.6 Å². The number of anilines is 3. The van der Waals surface area contributed by atoms with Crippen LogP contribution in [0.4, 0.5) is 30.4 Å². The molecule has 0 bridgehead atoms. The van der Waals surface area contributed by atoms with Gasteiger partial charge in [-0.15, -0.1) is 0 Å². The predicted molar refractivity (Wildman–Crippen MR) is 133 cm³/mol. The number of rotatable bonds is 6. The number of piperazine rings is 1. The summed E-state index contributed by atoms with van der Waals surface area (Å²) in [6.07, 6.45) is -0.529. The van der Waals surface area contributed by atoms with Gasteiger partial charge in [0.15, 0.2) is 5.78 Å². The topological polar surface area (TPSA) is 48.5 Å². The first-order valence-corrected chi connectivity index (χ1v) is 11.5. The van der Waals surface area contributed by atoms with Crippen molar-refractivity contribution in [2.75, 3.05) is 41.3 Å². The molecule has 1 aliphatic rings. The molecule has 4 rings (SSSR count). The fourth-order valence-electron chi connectivity index (χ4n) is 3.79. The third-order valence-corrected chi connectivity index (χ3v) is 6.06. The highest BCUT2D eigenvalue weighted by Crippen LogP contribution is 2.34. The van der Waals surface area contributed by atoms with Crippen LogP contribution in [0, 0.1) is 6.92 Å². The van der Waals surface area contributed by atoms with Gasteiger partial charge in [-0.25, -0.2) is 4.98 Å². The van der Waals surface area contributed by atoms with Crippen molar-refractivity contribution >= 4 is 34.6 Å². The highest BCUT2D eigenvalue weighted by molar-refractivity contribution is 6.33. The van der Waals surface area contributed by atoms with Crippen molar-refractivity contribution in [2.45, 2.75) is 13.1 Å². The molecule has 2 heterocycles. The van der Waals surface area contributed by atoms with E-state index in [4.69, 9.17) is 11.6 Å². The Labute approximate surface area is 206 Å². The second kappa shape index (κ2) is 10.4. The van der Waals surface area contributed by atoms with Gasteiger partial charge in [0, 0.05) is 61.6 Å². The van der Waals surface area contributed by atoms with Crippen LogP contribution in [-0.4, -0.2) is 36.9 Å². The number of allylic oxidation sites excluding steroid dienone is 1. The average molecular weight is 501 g/mol. The number of carbonyl (C=O) groups is 1. The minimum Gasteiger partial charge on any atom is -0.368 e. The summed E-state index contributed by atoms with van der Waals surface area (Å²) in [6, 6.07) is 16.2. The van der Waals surface area contributed by atoms with Crippen LogP contribution < -0.4 is 15.1 Å². The first kappa shape index (κ1) is 24.6. The summed E-state index contributed by atoms with van der Waals surface area (Å²) in [5.41, 5.74) is 2.76. The zero-order chi connectivity index (χ0) is 25.0. The Balaban J connectivity index is 1.30. The zero-order valence-corrected chi connectivity index (χ0v) is 19.8. The van der Waals surface area contributed by atoms with Crippen molar-refractivity contribution in [2.24, 2.45) is 0 Å². The number of aryl methyl sites for hydroxylation is 1. The lowest BCUT2D eigenvalue weighted by Crippen LogP contribution is -2.47. The number of ketones is 1. The maximum Gasteiger partial charge on any atom is 0.417 e. The van der Waals surface area contributed by atoms with E-state index < -0.39 is 11.7 Å². The summed E-state index contributed by atoms with van der Waals surface area (Å²) >= 11 is 6.09. The molecule has 35 heavy (non-hydrogen) atoms. The summed E-state index contributed by atoms with van der Waals surface area (Å²) in [7, 11) is 0. The highest BCUT2D eigenvalue weighted by Gasteiger charge is 2.32. The number of benzene rings is 2. The molecule has 1 N–H and O–H groups in total. The predicted octanol–water partition coefficient (Wildman–Crippen LogP) is 6.20. The molecule has 1 aliphatic heterocycles. The van der Waals surface area contributed by atoms with E-state index in [0.717, 1.165) is 29.2 Å². The number of hydrogen-bond acceptors (Lipinski definition) is 5. The van der Waals surface area contributed by atoms with Crippen molar-refractivity contribution in [1.29, 1.82) is 0 Å². The molecule has 182 valence electrons. The quantitative estimate of drug-likeness (QED) is 0.323. The number of aromatic nitrogens is 1. The number of carbonyl (C=O) groups excluding carboxylic acids is 1. The van der Waals surface area contributed by atoms with Gasteiger partial charge in [0.05, 0.1) is 10.6 Å². The van der Waals surface area contributed by atoms with Crippen molar-refractivity contribution in [1.82, 2.24) is 4.98 Å². The number of halogens is 4. The van der Waals surface area contributed by atoms with Crippen LogP contribution in [0.5, 0.6) is 0 Å². The van der Waals surface area contributed by atoms with Gasteiger partial charge in [-0.1, -0.05) is 41.4 Å². The summed E-state index contributed by atoms with van der Waals surface area (Å²) in [4.78, 5) is 20.3. The van der Waals surface area contributed by atoms with Gasteiger partial charge in [0.1, 0.15) is 5.82 Å². The minimum atomic E-state index is -4.47. The Morgan fingerprint density at radius 1 is 1.00 bits per heavy atom. The third-order valence-electron chi connectivity index (χ3n) is 5.78. The highest BCUT2D eigenvalue weighted by atomic mass is 35.5. The maximum atomic E-state index is 12.9. The van der Waals surface area contributed by atoms with Crippen molar-refractivity contribution < 1.29 is 18.0 Å². The molecule has 0 aliphatic carbocycles. The van der Waals surface area contributed by atoms with Gasteiger partial charge in [0.2, 0.25) is 0 Å². The first-order chi connectivity index (χ1) is 16.7. The maximum absolute atomic E-state index is 12.9. The number of nitrogens with one attached hydrogen (secondary N) is 1. The molecule has 1 aromatic heterocycles. The molecule has 2 aromatic carbocycles. The molecule has 0 atom stereocenters. The Morgan fingerprint density at radius 3 is 2.23 bits per heavy atom. The van der Waals surface area contributed by atoms with Gasteiger partial charge in [-0.3, -0.25) is 4.79 Å². The molecule has 3 aromatic rings. The van der Waals surface area contributed by atoms with Crippen molar-refractivity contribution in [3.8, 4) is 0 Å². The van der Waals surface area contributed by atoms with E-state index in [1.165, 1.54) is 6.08 Å². The standard InChI is InChI=1S/C26H24ClF3N4O/c1-18-2-4-19(5-3-18)24(35)10-11-31-21-6-8-22(9-7-21)33-12-14-34(15-13-33)25-23(27)16-20(17-32-25)26(28,29)30/h2-11,16-17,31H,12-15H2,1H3. The van der Waals surface area contributed by atoms with Crippen molar-refractivity contribution in [3.05, 3.63) is 94.8 Å². The zero-order valence-electron chi connectivity index (χ0n) is 19.0. The molecular formula is C26H24ClF3N4O. The molecule has 0 saturated carbocycles. The average Bonchev–Trinajstić information content (AvgIpc) is 2.84. The summed E-state index contributed by atoms with van der Waals surface area (Å²) < 4.78 is 38.6. The number of alkyl halides is 3. The summed E-state index contributed by atoms with van der Waals surface area (Å²) in [6.45, 7) is 4.50. The van der Waals surface area contributed by atoms with Crippen LogP contribution in [0.15, 0.2) is 73.1 Å². The lowest BCUT2D eigenvalue weighted by atomic mass is 10.1. The van der Waals surface area contributed by atoms with Crippen LogP contribution in [0.2, 0.25) is 5.02 Å². The number of pyridine rings is 1. The van der Waals surface area contributed by atoms with Gasteiger partial charge in [0.25, 0.3) is 0 Å². The molecule has 1 fully saturated rings. The molecule has 1 saturated heterocycles. The SMILES string of the molecule is Cc1ccc(C(=O)C=CNc2ccc(N3CCN(c4ncc(C(F)(F)F)cc4Cl)CC3)cc2)cc1. The van der Waals surface area contributed by atoms with Gasteiger partial charge >= 0.3 is 6.18 Å². The van der Waals surface area contributed by atoms with E-state index in [2.05, 4.69) is 15.2 Å². The van der Waals surface area contributed by atoms with Crippen molar-refractivity contribution in [3.63, 3.8) is 0 Å². The molecule has 0 spiro atoms. The summed E-state index contributed by atoms with van der Waals surface area (Å²) in [5, 5.41) is 3.10. The Hall–Kier alpha value is -3.52. The Bertz CT molecular complexity index is 1200. The summed E-state index contributed by atoms with van der Waals surface area (Å²) in [5.74, 6) is 0.292. The fraction of sp³-hybridized carbons (Fsp3) is 0.231. The fourth-order valence-corrected chi connectivity index (χ4v) is 4.08. The molecule has 0 radical (unpaired) electrons. The van der Waals surface area contributed by atoms with E-state index in [0.29, 0.717) is 37.6 Å². The molecule has 9 heteroatoms. The van der Waals surface area contributed by atoms with E-state index in [-0.39, 0.29) is 10.8 Å². The van der Waals surface area contributed by atoms with Gasteiger partial charge in [-0.05, 0) is 37.3 Å². The number of hydrogen-bond donors (Lipinski definition) is 1. The van der Waals surface area contributed by atoms with Crippen LogP contribution in [0.1, 0.15) is 21.5 Å².